The Bertz CT molecular complexity index is 495. The summed E-state index contributed by atoms with van der Waals surface area (Å²) in [6.45, 7) is 0.645. The maximum absolute atomic E-state index is 9.04. The Balaban J connectivity index is 2.00. The first kappa shape index (κ1) is 9.35. The molecule has 3 heterocycles. The van der Waals surface area contributed by atoms with Crippen molar-refractivity contribution in [3.63, 3.8) is 0 Å². The van der Waals surface area contributed by atoms with Gasteiger partial charge in [0, 0.05) is 18.0 Å². The summed E-state index contributed by atoms with van der Waals surface area (Å²) in [5, 5.41) is 9.04. The topological polar surface area (TPSA) is 60.2 Å². The van der Waals surface area contributed by atoms with Crippen LogP contribution >= 0.6 is 0 Å². The van der Waals surface area contributed by atoms with E-state index in [2.05, 4.69) is 9.97 Å². The van der Waals surface area contributed by atoms with Crippen LogP contribution in [0.2, 0.25) is 0 Å². The Morgan fingerprint density at radius 2 is 2.44 bits per heavy atom. The zero-order valence-electron chi connectivity index (χ0n) is 8.58. The molecular formula is C11H11N3O2. The van der Waals surface area contributed by atoms with Gasteiger partial charge < -0.3 is 9.84 Å². The highest BCUT2D eigenvalue weighted by atomic mass is 16.5. The summed E-state index contributed by atoms with van der Waals surface area (Å²) in [4.78, 5) is 8.25. The number of imidazole rings is 1. The van der Waals surface area contributed by atoms with Crippen molar-refractivity contribution in [2.75, 3.05) is 6.61 Å². The van der Waals surface area contributed by atoms with Crippen molar-refractivity contribution in [1.82, 2.24) is 14.5 Å². The highest BCUT2D eigenvalue weighted by Crippen LogP contribution is 2.28. The third-order valence-corrected chi connectivity index (χ3v) is 2.64. The van der Waals surface area contributed by atoms with E-state index in [9.17, 15) is 0 Å². The second-order valence-electron chi connectivity index (χ2n) is 3.70. The van der Waals surface area contributed by atoms with E-state index in [1.54, 1.807) is 18.6 Å². The lowest BCUT2D eigenvalue weighted by Gasteiger charge is -2.04. The molecule has 1 aliphatic rings. The van der Waals surface area contributed by atoms with Gasteiger partial charge in [-0.15, -0.1) is 0 Å². The van der Waals surface area contributed by atoms with Gasteiger partial charge in [-0.05, 0) is 12.1 Å². The third kappa shape index (κ3) is 1.37. The van der Waals surface area contributed by atoms with Gasteiger partial charge in [0.15, 0.2) is 0 Å². The summed E-state index contributed by atoms with van der Waals surface area (Å²) in [5.41, 5.74) is 1.97. The van der Waals surface area contributed by atoms with Crippen molar-refractivity contribution in [2.45, 2.75) is 12.6 Å². The van der Waals surface area contributed by atoms with E-state index in [-0.39, 0.29) is 12.7 Å². The standard InChI is InChI=1S/C11H11N3O2/c15-7-9-6-14-10(5-13-11(14)16-9)8-2-1-3-12-4-8/h1-5,9,15H,6-7H2/t9-/m0/s1. The van der Waals surface area contributed by atoms with Crippen LogP contribution in [0.4, 0.5) is 0 Å². The molecule has 0 unspecified atom stereocenters. The van der Waals surface area contributed by atoms with Crippen LogP contribution in [0.3, 0.4) is 0 Å². The van der Waals surface area contributed by atoms with Gasteiger partial charge in [0.25, 0.3) is 6.01 Å². The van der Waals surface area contributed by atoms with Gasteiger partial charge in [-0.2, -0.15) is 0 Å². The Kier molecular flexibility index (Phi) is 2.11. The van der Waals surface area contributed by atoms with Crippen molar-refractivity contribution < 1.29 is 9.84 Å². The molecule has 1 atom stereocenters. The number of aliphatic hydroxyl groups excluding tert-OH is 1. The molecule has 0 saturated carbocycles. The first-order chi connectivity index (χ1) is 7.88. The highest BCUT2D eigenvalue weighted by molar-refractivity contribution is 5.58. The number of ether oxygens (including phenoxy) is 1. The second-order valence-corrected chi connectivity index (χ2v) is 3.70. The van der Waals surface area contributed by atoms with E-state index in [0.717, 1.165) is 11.3 Å². The zero-order chi connectivity index (χ0) is 11.0. The van der Waals surface area contributed by atoms with Crippen LogP contribution < -0.4 is 4.74 Å². The minimum absolute atomic E-state index is 0.00976. The van der Waals surface area contributed by atoms with Crippen LogP contribution in [0.25, 0.3) is 11.3 Å². The van der Waals surface area contributed by atoms with E-state index >= 15 is 0 Å². The molecule has 5 nitrogen and oxygen atoms in total. The fourth-order valence-electron chi connectivity index (χ4n) is 1.86. The monoisotopic (exact) mass is 217 g/mol. The lowest BCUT2D eigenvalue weighted by atomic mass is 10.2. The molecule has 1 aliphatic heterocycles. The fourth-order valence-corrected chi connectivity index (χ4v) is 1.86. The Labute approximate surface area is 92.3 Å². The minimum Gasteiger partial charge on any atom is -0.457 e. The number of rotatable bonds is 2. The van der Waals surface area contributed by atoms with Gasteiger partial charge in [-0.3, -0.25) is 9.55 Å². The fraction of sp³-hybridized carbons (Fsp3) is 0.273. The molecule has 0 aromatic carbocycles. The maximum atomic E-state index is 9.04. The number of hydrogen-bond donors (Lipinski definition) is 1. The molecule has 2 aromatic heterocycles. The maximum Gasteiger partial charge on any atom is 0.297 e. The number of nitrogens with zero attached hydrogens (tertiary/aromatic N) is 3. The molecule has 0 fully saturated rings. The van der Waals surface area contributed by atoms with Gasteiger partial charge in [-0.25, -0.2) is 4.98 Å². The lowest BCUT2D eigenvalue weighted by Crippen LogP contribution is -2.19. The molecule has 0 amide bonds. The van der Waals surface area contributed by atoms with Gasteiger partial charge >= 0.3 is 0 Å². The van der Waals surface area contributed by atoms with E-state index in [1.807, 2.05) is 16.7 Å². The van der Waals surface area contributed by atoms with Gasteiger partial charge in [0.05, 0.1) is 25.0 Å². The molecule has 0 spiro atoms. The van der Waals surface area contributed by atoms with Crippen molar-refractivity contribution in [2.24, 2.45) is 0 Å². The first-order valence-corrected chi connectivity index (χ1v) is 5.12. The number of pyridine rings is 1. The van der Waals surface area contributed by atoms with Gasteiger partial charge in [0.1, 0.15) is 6.10 Å². The van der Waals surface area contributed by atoms with Crippen molar-refractivity contribution >= 4 is 0 Å². The SMILES string of the molecule is OC[C@@H]1Cn2c(-c3cccnc3)cnc2O1. The molecule has 0 aliphatic carbocycles. The molecule has 0 saturated heterocycles. The molecule has 1 N–H and O–H groups in total. The van der Waals surface area contributed by atoms with E-state index in [1.165, 1.54) is 0 Å². The molecule has 16 heavy (non-hydrogen) atoms. The van der Waals surface area contributed by atoms with Crippen LogP contribution in [0.15, 0.2) is 30.7 Å². The van der Waals surface area contributed by atoms with E-state index in [0.29, 0.717) is 12.6 Å². The van der Waals surface area contributed by atoms with Crippen molar-refractivity contribution in [1.29, 1.82) is 0 Å². The molecule has 5 heteroatoms. The normalized spacial score (nSPS) is 18.2. The van der Waals surface area contributed by atoms with Gasteiger partial charge in [-0.1, -0.05) is 0 Å². The third-order valence-electron chi connectivity index (χ3n) is 2.64. The second kappa shape index (κ2) is 3.61. The molecule has 82 valence electrons. The molecule has 3 rings (SSSR count). The largest absolute Gasteiger partial charge is 0.457 e. The number of aliphatic hydroxyl groups is 1. The van der Waals surface area contributed by atoms with Gasteiger partial charge in [0.2, 0.25) is 0 Å². The molecule has 2 aromatic rings. The Morgan fingerprint density at radius 3 is 3.19 bits per heavy atom. The highest BCUT2D eigenvalue weighted by Gasteiger charge is 2.25. The van der Waals surface area contributed by atoms with E-state index < -0.39 is 0 Å². The first-order valence-electron chi connectivity index (χ1n) is 5.12. The average Bonchev–Trinajstić information content (AvgIpc) is 2.88. The quantitative estimate of drug-likeness (QED) is 0.804. The predicted octanol–water partition coefficient (Wildman–Crippen LogP) is 0.698. The smallest absolute Gasteiger partial charge is 0.297 e. The van der Waals surface area contributed by atoms with Crippen molar-refractivity contribution in [3.8, 4) is 17.3 Å². The summed E-state index contributed by atoms with van der Waals surface area (Å²) < 4.78 is 7.40. The summed E-state index contributed by atoms with van der Waals surface area (Å²) >= 11 is 0. The number of aromatic nitrogens is 3. The van der Waals surface area contributed by atoms with Crippen LogP contribution in [0, 0.1) is 0 Å². The molecule has 0 radical (unpaired) electrons. The predicted molar refractivity (Wildman–Crippen MR) is 57.0 cm³/mol. The average molecular weight is 217 g/mol. The summed E-state index contributed by atoms with van der Waals surface area (Å²) in [7, 11) is 0. The number of fused-ring (bicyclic) bond motifs is 1. The summed E-state index contributed by atoms with van der Waals surface area (Å²) in [6.07, 6.45) is 5.10. The van der Waals surface area contributed by atoms with E-state index in [4.69, 9.17) is 9.84 Å². The Hall–Kier alpha value is -1.88. The Morgan fingerprint density at radius 1 is 1.50 bits per heavy atom. The van der Waals surface area contributed by atoms with Crippen LogP contribution in [0.1, 0.15) is 0 Å². The lowest BCUT2D eigenvalue weighted by molar-refractivity contribution is 0.130. The van der Waals surface area contributed by atoms with Crippen LogP contribution in [-0.4, -0.2) is 32.4 Å². The summed E-state index contributed by atoms with van der Waals surface area (Å²) in [5.74, 6) is 0. The minimum atomic E-state index is -0.181. The molecule has 0 bridgehead atoms. The number of hydrogen-bond acceptors (Lipinski definition) is 4. The zero-order valence-corrected chi connectivity index (χ0v) is 8.58. The summed E-state index contributed by atoms with van der Waals surface area (Å²) in [6, 6.07) is 4.43. The van der Waals surface area contributed by atoms with Crippen molar-refractivity contribution in [3.05, 3.63) is 30.7 Å². The van der Waals surface area contributed by atoms with Crippen LogP contribution in [0.5, 0.6) is 6.01 Å². The van der Waals surface area contributed by atoms with Crippen LogP contribution in [-0.2, 0) is 6.54 Å². The molecular weight excluding hydrogens is 206 g/mol.